The van der Waals surface area contributed by atoms with Gasteiger partial charge in [0.15, 0.2) is 5.78 Å². The second kappa shape index (κ2) is 6.37. The minimum absolute atomic E-state index is 0.0174. The summed E-state index contributed by atoms with van der Waals surface area (Å²) in [6.07, 6.45) is 1.64. The van der Waals surface area contributed by atoms with E-state index in [9.17, 15) is 4.79 Å². The zero-order valence-electron chi connectivity index (χ0n) is 9.84. The van der Waals surface area contributed by atoms with Gasteiger partial charge in [-0.25, -0.2) is 4.98 Å². The van der Waals surface area contributed by atoms with Gasteiger partial charge in [-0.1, -0.05) is 35.5 Å². The summed E-state index contributed by atoms with van der Waals surface area (Å²) < 4.78 is 0. The van der Waals surface area contributed by atoms with Crippen molar-refractivity contribution in [1.82, 2.24) is 4.98 Å². The molecule has 2 aromatic rings. The van der Waals surface area contributed by atoms with Gasteiger partial charge in [0.2, 0.25) is 0 Å². The molecule has 0 radical (unpaired) electrons. The number of nitrogens with zero attached hydrogens (tertiary/aromatic N) is 2. The molecular weight excluding hydrogens is 280 g/mol. The fourth-order valence-electron chi connectivity index (χ4n) is 1.43. The third-order valence-electron chi connectivity index (χ3n) is 2.40. The van der Waals surface area contributed by atoms with Crippen molar-refractivity contribution in [2.45, 2.75) is 5.03 Å². The second-order valence-electron chi connectivity index (χ2n) is 3.69. The van der Waals surface area contributed by atoms with E-state index in [0.717, 1.165) is 0 Å². The van der Waals surface area contributed by atoms with E-state index >= 15 is 0 Å². The standard InChI is InChI=1S/C14H9ClN2OS/c15-12-2-1-7-17-14(12)19-9-13(18)11-5-3-10(8-16)4-6-11/h1-7H,9H2. The number of ketones is 1. The molecule has 3 nitrogen and oxygen atoms in total. The van der Waals surface area contributed by atoms with Crippen molar-refractivity contribution in [3.05, 3.63) is 58.7 Å². The molecule has 1 heterocycles. The first-order valence-electron chi connectivity index (χ1n) is 5.47. The molecule has 0 spiro atoms. The lowest BCUT2D eigenvalue weighted by Gasteiger charge is -2.02. The number of pyridine rings is 1. The molecule has 0 unspecified atom stereocenters. The van der Waals surface area contributed by atoms with E-state index in [-0.39, 0.29) is 11.5 Å². The molecule has 0 saturated heterocycles. The number of nitriles is 1. The van der Waals surface area contributed by atoms with Crippen molar-refractivity contribution in [2.24, 2.45) is 0 Å². The summed E-state index contributed by atoms with van der Waals surface area (Å²) in [7, 11) is 0. The molecule has 19 heavy (non-hydrogen) atoms. The zero-order chi connectivity index (χ0) is 13.7. The maximum Gasteiger partial charge on any atom is 0.173 e. The smallest absolute Gasteiger partial charge is 0.173 e. The first-order valence-corrected chi connectivity index (χ1v) is 6.84. The number of Topliss-reactive ketones (excluding diaryl/α,β-unsaturated/α-hetero) is 1. The number of carbonyl (C=O) groups excluding carboxylic acids is 1. The molecule has 0 saturated carbocycles. The van der Waals surface area contributed by atoms with Crippen LogP contribution in [0.15, 0.2) is 47.6 Å². The quantitative estimate of drug-likeness (QED) is 0.637. The van der Waals surface area contributed by atoms with Crippen LogP contribution in [0.4, 0.5) is 0 Å². The maximum atomic E-state index is 12.0. The summed E-state index contributed by atoms with van der Waals surface area (Å²) in [6.45, 7) is 0. The fraction of sp³-hybridized carbons (Fsp3) is 0.0714. The largest absolute Gasteiger partial charge is 0.293 e. The number of thioether (sulfide) groups is 1. The van der Waals surface area contributed by atoms with Gasteiger partial charge >= 0.3 is 0 Å². The van der Waals surface area contributed by atoms with Crippen LogP contribution in [0.5, 0.6) is 0 Å². The van der Waals surface area contributed by atoms with Crippen LogP contribution in [0, 0.1) is 11.3 Å². The van der Waals surface area contributed by atoms with Gasteiger partial charge in [0.25, 0.3) is 0 Å². The minimum atomic E-state index is -0.0174. The highest BCUT2D eigenvalue weighted by Gasteiger charge is 2.09. The van der Waals surface area contributed by atoms with Gasteiger partial charge in [-0.3, -0.25) is 4.79 Å². The average Bonchev–Trinajstić information content (AvgIpc) is 2.46. The third kappa shape index (κ3) is 3.57. The van der Waals surface area contributed by atoms with Crippen LogP contribution in [-0.2, 0) is 0 Å². The molecule has 2 rings (SSSR count). The Labute approximate surface area is 120 Å². The molecule has 0 bridgehead atoms. The van der Waals surface area contributed by atoms with Crippen molar-refractivity contribution in [3.63, 3.8) is 0 Å². The average molecular weight is 289 g/mol. The number of hydrogen-bond acceptors (Lipinski definition) is 4. The van der Waals surface area contributed by atoms with Gasteiger partial charge < -0.3 is 0 Å². The Hall–Kier alpha value is -1.83. The molecule has 0 amide bonds. The molecule has 5 heteroatoms. The monoisotopic (exact) mass is 288 g/mol. The molecule has 0 atom stereocenters. The fourth-order valence-corrected chi connectivity index (χ4v) is 2.49. The normalized spacial score (nSPS) is 9.89. The van der Waals surface area contributed by atoms with Crippen LogP contribution in [0.1, 0.15) is 15.9 Å². The summed E-state index contributed by atoms with van der Waals surface area (Å²) in [4.78, 5) is 16.1. The lowest BCUT2D eigenvalue weighted by atomic mass is 10.1. The number of hydrogen-bond donors (Lipinski definition) is 0. The molecule has 1 aromatic carbocycles. The number of halogens is 1. The van der Waals surface area contributed by atoms with Crippen molar-refractivity contribution in [2.75, 3.05) is 5.75 Å². The van der Waals surface area contributed by atoms with Gasteiger partial charge in [0, 0.05) is 11.8 Å². The van der Waals surface area contributed by atoms with E-state index in [1.165, 1.54) is 11.8 Å². The first-order chi connectivity index (χ1) is 9.20. The Morgan fingerprint density at radius 1 is 1.32 bits per heavy atom. The first kappa shape index (κ1) is 13.6. The van der Waals surface area contributed by atoms with Gasteiger partial charge in [0.05, 0.1) is 22.4 Å². The minimum Gasteiger partial charge on any atom is -0.293 e. The molecule has 1 aromatic heterocycles. The Morgan fingerprint density at radius 3 is 2.68 bits per heavy atom. The van der Waals surface area contributed by atoms with Gasteiger partial charge in [-0.2, -0.15) is 5.26 Å². The highest BCUT2D eigenvalue weighted by atomic mass is 35.5. The summed E-state index contributed by atoms with van der Waals surface area (Å²) in [5.74, 6) is 0.249. The summed E-state index contributed by atoms with van der Waals surface area (Å²) in [5, 5.41) is 9.87. The van der Waals surface area contributed by atoms with Crippen LogP contribution in [0.25, 0.3) is 0 Å². The van der Waals surface area contributed by atoms with Crippen molar-refractivity contribution in [3.8, 4) is 6.07 Å². The Balaban J connectivity index is 2.02. The van der Waals surface area contributed by atoms with Gasteiger partial charge in [-0.05, 0) is 24.3 Å². The maximum absolute atomic E-state index is 12.0. The van der Waals surface area contributed by atoms with E-state index < -0.39 is 0 Å². The number of rotatable bonds is 4. The molecule has 94 valence electrons. The van der Waals surface area contributed by atoms with Crippen LogP contribution in [0.3, 0.4) is 0 Å². The lowest BCUT2D eigenvalue weighted by molar-refractivity contribution is 0.102. The van der Waals surface area contributed by atoms with Gasteiger partial charge in [0.1, 0.15) is 5.03 Å². The highest BCUT2D eigenvalue weighted by molar-refractivity contribution is 8.00. The number of carbonyl (C=O) groups is 1. The SMILES string of the molecule is N#Cc1ccc(C(=O)CSc2ncccc2Cl)cc1. The summed E-state index contributed by atoms with van der Waals surface area (Å²) in [6, 6.07) is 12.1. The predicted molar refractivity (Wildman–Crippen MR) is 75.5 cm³/mol. The van der Waals surface area contributed by atoms with Gasteiger partial charge in [-0.15, -0.1) is 0 Å². The Kier molecular flexibility index (Phi) is 4.56. The predicted octanol–water partition coefficient (Wildman–Crippen LogP) is 3.58. The number of benzene rings is 1. The summed E-state index contributed by atoms with van der Waals surface area (Å²) in [5.41, 5.74) is 1.12. The van der Waals surface area contributed by atoms with Crippen LogP contribution in [0.2, 0.25) is 5.02 Å². The topological polar surface area (TPSA) is 53.8 Å². The molecule has 0 aliphatic carbocycles. The lowest BCUT2D eigenvalue weighted by Crippen LogP contribution is -2.02. The second-order valence-corrected chi connectivity index (χ2v) is 5.06. The Morgan fingerprint density at radius 2 is 2.05 bits per heavy atom. The zero-order valence-corrected chi connectivity index (χ0v) is 11.4. The van der Waals surface area contributed by atoms with E-state index in [4.69, 9.17) is 16.9 Å². The Bertz CT molecular complexity index is 635. The van der Waals surface area contributed by atoms with Crippen molar-refractivity contribution >= 4 is 29.1 Å². The van der Waals surface area contributed by atoms with Crippen LogP contribution < -0.4 is 0 Å². The van der Waals surface area contributed by atoms with E-state index in [0.29, 0.717) is 21.2 Å². The number of aromatic nitrogens is 1. The van der Waals surface area contributed by atoms with Crippen LogP contribution in [-0.4, -0.2) is 16.5 Å². The third-order valence-corrected chi connectivity index (χ3v) is 3.82. The van der Waals surface area contributed by atoms with E-state index in [2.05, 4.69) is 4.98 Å². The highest BCUT2D eigenvalue weighted by Crippen LogP contribution is 2.24. The molecule has 0 N–H and O–H groups in total. The molecular formula is C14H9ClN2OS. The van der Waals surface area contributed by atoms with Crippen molar-refractivity contribution in [1.29, 1.82) is 5.26 Å². The molecule has 0 aliphatic heterocycles. The van der Waals surface area contributed by atoms with Crippen molar-refractivity contribution < 1.29 is 4.79 Å². The van der Waals surface area contributed by atoms with E-state index in [1.54, 1.807) is 42.6 Å². The van der Waals surface area contributed by atoms with E-state index in [1.807, 2.05) is 6.07 Å². The summed E-state index contributed by atoms with van der Waals surface area (Å²) >= 11 is 7.26. The van der Waals surface area contributed by atoms with Crippen LogP contribution >= 0.6 is 23.4 Å². The molecule has 0 aliphatic rings. The molecule has 0 fully saturated rings.